The zero-order valence-electron chi connectivity index (χ0n) is 15.8. The van der Waals surface area contributed by atoms with Gasteiger partial charge in [0.2, 0.25) is 5.91 Å². The number of rotatable bonds is 3. The van der Waals surface area contributed by atoms with Gasteiger partial charge in [-0.25, -0.2) is 0 Å². The molecule has 5 nitrogen and oxygen atoms in total. The highest BCUT2D eigenvalue weighted by atomic mass is 16.3. The van der Waals surface area contributed by atoms with E-state index in [0.29, 0.717) is 13.0 Å². The van der Waals surface area contributed by atoms with Crippen LogP contribution in [-0.4, -0.2) is 40.1 Å². The third kappa shape index (κ3) is 3.62. The topological polar surface area (TPSA) is 65.5 Å². The molecule has 27 heavy (non-hydrogen) atoms. The molecular weight excluding hydrogens is 338 g/mol. The Labute approximate surface area is 160 Å². The van der Waals surface area contributed by atoms with Gasteiger partial charge in [0, 0.05) is 19.3 Å². The van der Waals surface area contributed by atoms with Crippen molar-refractivity contribution >= 4 is 5.91 Å². The van der Waals surface area contributed by atoms with Crippen molar-refractivity contribution in [3.8, 4) is 0 Å². The second-order valence-electron chi connectivity index (χ2n) is 7.99. The molecular formula is C22H27N3O2. The lowest BCUT2D eigenvalue weighted by molar-refractivity contribution is -0.145. The molecule has 0 bridgehead atoms. The molecule has 0 saturated carbocycles. The molecule has 1 aromatic carbocycles. The molecule has 2 fully saturated rings. The Bertz CT molecular complexity index is 810. The predicted molar refractivity (Wildman–Crippen MR) is 104 cm³/mol. The number of likely N-dealkylation sites (tertiary alicyclic amines) is 1. The van der Waals surface area contributed by atoms with Gasteiger partial charge in [-0.3, -0.25) is 14.7 Å². The number of benzene rings is 1. The highest BCUT2D eigenvalue weighted by molar-refractivity contribution is 5.84. The molecule has 2 saturated heterocycles. The molecule has 0 aliphatic carbocycles. The van der Waals surface area contributed by atoms with Gasteiger partial charge in [-0.1, -0.05) is 36.4 Å². The van der Waals surface area contributed by atoms with Gasteiger partial charge in [0.25, 0.3) is 0 Å². The largest absolute Gasteiger partial charge is 0.391 e. The van der Waals surface area contributed by atoms with Gasteiger partial charge in [0.15, 0.2) is 0 Å². The maximum Gasteiger partial charge on any atom is 0.228 e. The summed E-state index contributed by atoms with van der Waals surface area (Å²) in [4.78, 5) is 19.9. The fourth-order valence-electron chi connectivity index (χ4n) is 4.58. The highest BCUT2D eigenvalue weighted by Gasteiger charge is 2.49. The zero-order chi connectivity index (χ0) is 18.9. The molecule has 0 unspecified atom stereocenters. The van der Waals surface area contributed by atoms with Gasteiger partial charge >= 0.3 is 0 Å². The Hall–Kier alpha value is -2.24. The molecule has 1 amide bonds. The van der Waals surface area contributed by atoms with Crippen LogP contribution in [-0.2, 0) is 11.3 Å². The monoisotopic (exact) mass is 365 g/mol. The SMILES string of the molecule is Cc1cccnc1CN1CCC[C@@]2(C[C@@H](O)[C@H](c3ccccc3)NC2=O)C1. The van der Waals surface area contributed by atoms with Crippen LogP contribution in [0.15, 0.2) is 48.7 Å². The first-order valence-electron chi connectivity index (χ1n) is 9.74. The standard InChI is InChI=1S/C22H27N3O2/c1-16-7-5-11-23-18(16)14-25-12-6-10-22(15-25)13-19(26)20(24-21(22)27)17-8-3-2-4-9-17/h2-5,7-9,11,19-20,26H,6,10,12-15H2,1H3,(H,24,27)/t19-,20+,22-/m1/s1. The van der Waals surface area contributed by atoms with E-state index in [1.165, 1.54) is 5.56 Å². The van der Waals surface area contributed by atoms with Crippen molar-refractivity contribution in [2.45, 2.75) is 44.9 Å². The van der Waals surface area contributed by atoms with E-state index in [4.69, 9.17) is 0 Å². The summed E-state index contributed by atoms with van der Waals surface area (Å²) < 4.78 is 0. The summed E-state index contributed by atoms with van der Waals surface area (Å²) in [5, 5.41) is 13.9. The minimum Gasteiger partial charge on any atom is -0.391 e. The molecule has 4 rings (SSSR count). The average molecular weight is 365 g/mol. The number of aromatic nitrogens is 1. The van der Waals surface area contributed by atoms with E-state index >= 15 is 0 Å². The molecule has 2 aromatic rings. The number of carbonyl (C=O) groups is 1. The summed E-state index contributed by atoms with van der Waals surface area (Å²) in [5.74, 6) is 0.0732. The molecule has 1 spiro atoms. The molecule has 2 aliphatic rings. The van der Waals surface area contributed by atoms with Crippen molar-refractivity contribution in [2.75, 3.05) is 13.1 Å². The van der Waals surface area contributed by atoms with Crippen LogP contribution in [0.2, 0.25) is 0 Å². The Kier molecular flexibility index (Phi) is 4.98. The van der Waals surface area contributed by atoms with Crippen molar-refractivity contribution in [3.63, 3.8) is 0 Å². The number of pyridine rings is 1. The second kappa shape index (κ2) is 7.41. The van der Waals surface area contributed by atoms with E-state index in [2.05, 4.69) is 28.2 Å². The Morgan fingerprint density at radius 2 is 2.07 bits per heavy atom. The van der Waals surface area contributed by atoms with Gasteiger partial charge in [-0.05, 0) is 49.9 Å². The lowest BCUT2D eigenvalue weighted by atomic mass is 9.70. The van der Waals surface area contributed by atoms with Crippen LogP contribution in [0.3, 0.4) is 0 Å². The van der Waals surface area contributed by atoms with E-state index in [0.717, 1.165) is 37.2 Å². The van der Waals surface area contributed by atoms with Crippen LogP contribution in [0.25, 0.3) is 0 Å². The number of hydrogen-bond donors (Lipinski definition) is 2. The third-order valence-corrected chi connectivity index (χ3v) is 6.06. The summed E-state index contributed by atoms with van der Waals surface area (Å²) in [7, 11) is 0. The molecule has 2 aliphatic heterocycles. The number of aryl methyl sites for hydroxylation is 1. The number of aliphatic hydroxyl groups excluding tert-OH is 1. The molecule has 1 aromatic heterocycles. The second-order valence-corrected chi connectivity index (χ2v) is 7.99. The Balaban J connectivity index is 1.50. The molecule has 5 heteroatoms. The number of amides is 1. The molecule has 3 heterocycles. The van der Waals surface area contributed by atoms with E-state index in [-0.39, 0.29) is 11.9 Å². The van der Waals surface area contributed by atoms with Gasteiger partial charge < -0.3 is 10.4 Å². The summed E-state index contributed by atoms with van der Waals surface area (Å²) in [5.41, 5.74) is 2.69. The summed E-state index contributed by atoms with van der Waals surface area (Å²) in [6.07, 6.45) is 3.55. The van der Waals surface area contributed by atoms with Gasteiger partial charge in [0.05, 0.1) is 23.3 Å². The quantitative estimate of drug-likeness (QED) is 0.878. The van der Waals surface area contributed by atoms with Crippen molar-refractivity contribution in [1.29, 1.82) is 0 Å². The average Bonchev–Trinajstić information content (AvgIpc) is 2.68. The summed E-state index contributed by atoms with van der Waals surface area (Å²) >= 11 is 0. The van der Waals surface area contributed by atoms with Crippen LogP contribution < -0.4 is 5.32 Å². The van der Waals surface area contributed by atoms with Crippen molar-refractivity contribution in [1.82, 2.24) is 15.2 Å². The fraction of sp³-hybridized carbons (Fsp3) is 0.455. The van der Waals surface area contributed by atoms with Crippen molar-refractivity contribution in [2.24, 2.45) is 5.41 Å². The maximum atomic E-state index is 13.1. The Morgan fingerprint density at radius 1 is 1.26 bits per heavy atom. The Morgan fingerprint density at radius 3 is 2.85 bits per heavy atom. The van der Waals surface area contributed by atoms with Crippen LogP contribution in [0.5, 0.6) is 0 Å². The number of carbonyl (C=O) groups excluding carboxylic acids is 1. The molecule has 2 N–H and O–H groups in total. The predicted octanol–water partition coefficient (Wildman–Crippen LogP) is 2.59. The number of nitrogens with one attached hydrogen (secondary N) is 1. The van der Waals surface area contributed by atoms with Gasteiger partial charge in [-0.2, -0.15) is 0 Å². The van der Waals surface area contributed by atoms with E-state index < -0.39 is 11.5 Å². The number of piperidine rings is 2. The lowest BCUT2D eigenvalue weighted by Gasteiger charge is -2.47. The molecule has 0 radical (unpaired) electrons. The summed E-state index contributed by atoms with van der Waals surface area (Å²) in [6.45, 7) is 4.46. The van der Waals surface area contributed by atoms with Crippen molar-refractivity contribution in [3.05, 3.63) is 65.5 Å². The first-order valence-corrected chi connectivity index (χ1v) is 9.74. The number of hydrogen-bond acceptors (Lipinski definition) is 4. The molecule has 142 valence electrons. The minimum absolute atomic E-state index is 0.0732. The summed E-state index contributed by atoms with van der Waals surface area (Å²) in [6, 6.07) is 13.5. The van der Waals surface area contributed by atoms with Gasteiger partial charge in [-0.15, -0.1) is 0 Å². The maximum absolute atomic E-state index is 13.1. The van der Waals surface area contributed by atoms with Gasteiger partial charge in [0.1, 0.15) is 0 Å². The van der Waals surface area contributed by atoms with E-state index in [1.54, 1.807) is 0 Å². The first kappa shape index (κ1) is 18.1. The van der Waals surface area contributed by atoms with Crippen molar-refractivity contribution < 1.29 is 9.90 Å². The smallest absolute Gasteiger partial charge is 0.228 e. The first-order chi connectivity index (χ1) is 13.1. The molecule has 3 atom stereocenters. The van der Waals surface area contributed by atoms with Crippen LogP contribution in [0.4, 0.5) is 0 Å². The normalized spacial score (nSPS) is 28.9. The van der Waals surface area contributed by atoms with Crippen LogP contribution in [0, 0.1) is 12.3 Å². The van der Waals surface area contributed by atoms with Crippen LogP contribution >= 0.6 is 0 Å². The van der Waals surface area contributed by atoms with Crippen LogP contribution in [0.1, 0.15) is 42.1 Å². The number of aliphatic hydroxyl groups is 1. The highest BCUT2D eigenvalue weighted by Crippen LogP contribution is 2.41. The fourth-order valence-corrected chi connectivity index (χ4v) is 4.58. The zero-order valence-corrected chi connectivity index (χ0v) is 15.8. The van der Waals surface area contributed by atoms with E-state index in [1.807, 2.05) is 42.6 Å². The minimum atomic E-state index is -0.568. The number of nitrogens with zero attached hydrogens (tertiary/aromatic N) is 2. The van der Waals surface area contributed by atoms with E-state index in [9.17, 15) is 9.90 Å². The lowest BCUT2D eigenvalue weighted by Crippen LogP contribution is -2.59. The third-order valence-electron chi connectivity index (χ3n) is 6.06.